The van der Waals surface area contributed by atoms with Gasteiger partial charge in [0.1, 0.15) is 0 Å². The first-order valence-corrected chi connectivity index (χ1v) is 3.14. The Kier molecular flexibility index (Phi) is 2.12. The first-order chi connectivity index (χ1) is 4.39. The third-order valence-electron chi connectivity index (χ3n) is 1.18. The average molecular weight is 118 g/mol. The van der Waals surface area contributed by atoms with E-state index in [1.807, 2.05) is 19.1 Å². The first-order valence-electron chi connectivity index (χ1n) is 3.14. The Labute approximate surface area is 55.9 Å². The van der Waals surface area contributed by atoms with E-state index in [2.05, 4.69) is 24.0 Å². The first kappa shape index (κ1) is 6.12. The van der Waals surface area contributed by atoms with Gasteiger partial charge in [-0.05, 0) is 25.0 Å². The molecule has 0 aromatic heterocycles. The topological polar surface area (TPSA) is 0 Å². The van der Waals surface area contributed by atoms with E-state index in [4.69, 9.17) is 0 Å². The van der Waals surface area contributed by atoms with Gasteiger partial charge in [0.25, 0.3) is 0 Å². The molecule has 9 heavy (non-hydrogen) atoms. The van der Waals surface area contributed by atoms with Crippen molar-refractivity contribution in [3.8, 4) is 0 Å². The van der Waals surface area contributed by atoms with Gasteiger partial charge >= 0.3 is 0 Å². The van der Waals surface area contributed by atoms with Gasteiger partial charge in [-0.3, -0.25) is 0 Å². The van der Waals surface area contributed by atoms with Crippen molar-refractivity contribution in [2.75, 3.05) is 0 Å². The minimum atomic E-state index is 1.04. The summed E-state index contributed by atoms with van der Waals surface area (Å²) >= 11 is 0. The van der Waals surface area contributed by atoms with Gasteiger partial charge in [0.05, 0.1) is 0 Å². The van der Waals surface area contributed by atoms with E-state index in [1.54, 1.807) is 0 Å². The zero-order valence-corrected chi connectivity index (χ0v) is 5.59. The minimum Gasteiger partial charge on any atom is -0.118 e. The molecule has 0 aromatic carbocycles. The standard InChI is InChI=1S/C9H10/c1-9-7-5-3-2-4-6-8-9/h2-3,5-6,8H,4H2,1H3/b3-2-,8-6-. The SMILES string of the molecule is CC1=C=C/C=C\C/C=C\1. The number of allylic oxidation sites excluding steroid dienone is 5. The summed E-state index contributed by atoms with van der Waals surface area (Å²) < 4.78 is 0. The smallest absolute Gasteiger partial charge is 0.00945 e. The van der Waals surface area contributed by atoms with Crippen LogP contribution in [0, 0.1) is 0 Å². The molecule has 0 nitrogen and oxygen atoms in total. The lowest BCUT2D eigenvalue weighted by molar-refractivity contribution is 1.36. The minimum absolute atomic E-state index is 1.04. The van der Waals surface area contributed by atoms with Crippen molar-refractivity contribution < 1.29 is 0 Å². The number of hydrogen-bond donors (Lipinski definition) is 0. The molecule has 0 radical (unpaired) electrons. The molecular weight excluding hydrogens is 108 g/mol. The van der Waals surface area contributed by atoms with Gasteiger partial charge in [-0.1, -0.05) is 24.3 Å². The van der Waals surface area contributed by atoms with Gasteiger partial charge < -0.3 is 0 Å². The van der Waals surface area contributed by atoms with Crippen LogP contribution in [0.5, 0.6) is 0 Å². The van der Waals surface area contributed by atoms with Gasteiger partial charge in [-0.15, -0.1) is 5.73 Å². The van der Waals surface area contributed by atoms with Crippen LogP contribution in [0.2, 0.25) is 0 Å². The molecule has 46 valence electrons. The van der Waals surface area contributed by atoms with Crippen LogP contribution in [0.3, 0.4) is 0 Å². The normalized spacial score (nSPS) is 23.9. The Morgan fingerprint density at radius 2 is 2.33 bits per heavy atom. The highest BCUT2D eigenvalue weighted by Crippen LogP contribution is 1.97. The molecule has 0 saturated heterocycles. The summed E-state index contributed by atoms with van der Waals surface area (Å²) in [6, 6.07) is 0. The Balaban J connectivity index is 2.87. The summed E-state index contributed by atoms with van der Waals surface area (Å²) in [6.45, 7) is 2.05. The molecule has 0 aromatic rings. The highest BCUT2D eigenvalue weighted by atomic mass is 13.8. The Hall–Kier alpha value is -1.00. The largest absolute Gasteiger partial charge is 0.118 e. The quantitative estimate of drug-likeness (QED) is 0.429. The van der Waals surface area contributed by atoms with E-state index in [1.165, 1.54) is 5.57 Å². The molecule has 0 unspecified atom stereocenters. The molecule has 1 rings (SSSR count). The van der Waals surface area contributed by atoms with Crippen molar-refractivity contribution in [2.24, 2.45) is 0 Å². The Morgan fingerprint density at radius 1 is 1.44 bits per heavy atom. The predicted molar refractivity (Wildman–Crippen MR) is 40.2 cm³/mol. The summed E-state index contributed by atoms with van der Waals surface area (Å²) in [6.07, 6.45) is 11.3. The van der Waals surface area contributed by atoms with Gasteiger partial charge in [0, 0.05) is 0 Å². The lowest BCUT2D eigenvalue weighted by Gasteiger charge is -1.86. The summed E-state index contributed by atoms with van der Waals surface area (Å²) in [5, 5.41) is 0. The van der Waals surface area contributed by atoms with Crippen LogP contribution in [0.25, 0.3) is 0 Å². The van der Waals surface area contributed by atoms with E-state index in [0.717, 1.165) is 6.42 Å². The van der Waals surface area contributed by atoms with Crippen LogP contribution in [0.15, 0.2) is 41.7 Å². The van der Waals surface area contributed by atoms with Gasteiger partial charge in [0.15, 0.2) is 0 Å². The fraction of sp³-hybridized carbons (Fsp3) is 0.222. The maximum absolute atomic E-state index is 3.10. The summed E-state index contributed by atoms with van der Waals surface area (Å²) in [5.74, 6) is 0. The molecule has 0 heteroatoms. The monoisotopic (exact) mass is 118 g/mol. The van der Waals surface area contributed by atoms with Crippen LogP contribution >= 0.6 is 0 Å². The number of rotatable bonds is 0. The predicted octanol–water partition coefficient (Wildman–Crippen LogP) is 2.60. The third kappa shape index (κ3) is 2.16. The molecule has 0 amide bonds. The Morgan fingerprint density at radius 3 is 3.22 bits per heavy atom. The zero-order chi connectivity index (χ0) is 6.53. The molecule has 0 spiro atoms. The maximum atomic E-state index is 3.10. The van der Waals surface area contributed by atoms with Crippen LogP contribution in [0.4, 0.5) is 0 Å². The van der Waals surface area contributed by atoms with Crippen molar-refractivity contribution in [3.05, 3.63) is 41.7 Å². The second-order valence-electron chi connectivity index (χ2n) is 2.06. The van der Waals surface area contributed by atoms with Crippen molar-refractivity contribution in [1.82, 2.24) is 0 Å². The van der Waals surface area contributed by atoms with E-state index >= 15 is 0 Å². The summed E-state index contributed by atoms with van der Waals surface area (Å²) in [7, 11) is 0. The third-order valence-corrected chi connectivity index (χ3v) is 1.18. The second-order valence-corrected chi connectivity index (χ2v) is 2.06. The van der Waals surface area contributed by atoms with Gasteiger partial charge in [0.2, 0.25) is 0 Å². The summed E-state index contributed by atoms with van der Waals surface area (Å²) in [4.78, 5) is 0. The van der Waals surface area contributed by atoms with Crippen molar-refractivity contribution in [2.45, 2.75) is 13.3 Å². The molecule has 0 atom stereocenters. The van der Waals surface area contributed by atoms with Crippen molar-refractivity contribution in [3.63, 3.8) is 0 Å². The molecule has 1 aliphatic carbocycles. The lowest BCUT2D eigenvalue weighted by Crippen LogP contribution is -1.66. The van der Waals surface area contributed by atoms with E-state index in [-0.39, 0.29) is 0 Å². The van der Waals surface area contributed by atoms with Gasteiger partial charge in [-0.2, -0.15) is 0 Å². The van der Waals surface area contributed by atoms with Crippen LogP contribution in [0.1, 0.15) is 13.3 Å². The van der Waals surface area contributed by atoms with Crippen LogP contribution < -0.4 is 0 Å². The van der Waals surface area contributed by atoms with Gasteiger partial charge in [-0.25, -0.2) is 0 Å². The molecule has 0 N–H and O–H groups in total. The Bertz CT molecular complexity index is 198. The van der Waals surface area contributed by atoms with Crippen molar-refractivity contribution in [1.29, 1.82) is 0 Å². The van der Waals surface area contributed by atoms with E-state index < -0.39 is 0 Å². The molecule has 0 saturated carbocycles. The fourth-order valence-electron chi connectivity index (χ4n) is 0.698. The van der Waals surface area contributed by atoms with Crippen molar-refractivity contribution >= 4 is 0 Å². The van der Waals surface area contributed by atoms with Crippen LogP contribution in [-0.2, 0) is 0 Å². The zero-order valence-electron chi connectivity index (χ0n) is 5.59. The second kappa shape index (κ2) is 3.11. The molecule has 0 bridgehead atoms. The molecular formula is C9H10. The molecule has 1 aliphatic rings. The molecule has 0 aliphatic heterocycles. The van der Waals surface area contributed by atoms with E-state index in [9.17, 15) is 0 Å². The summed E-state index contributed by atoms with van der Waals surface area (Å²) in [5.41, 5.74) is 4.30. The fourth-order valence-corrected chi connectivity index (χ4v) is 0.698. The van der Waals surface area contributed by atoms with Crippen LogP contribution in [-0.4, -0.2) is 0 Å². The lowest BCUT2D eigenvalue weighted by atomic mass is 10.2. The number of hydrogen-bond acceptors (Lipinski definition) is 0. The molecule has 0 fully saturated rings. The molecule has 0 heterocycles. The van der Waals surface area contributed by atoms with E-state index in [0.29, 0.717) is 0 Å². The maximum Gasteiger partial charge on any atom is -0.00945 e. The highest BCUT2D eigenvalue weighted by Gasteiger charge is 1.77. The average Bonchev–Trinajstić information content (AvgIpc) is 1.79. The highest BCUT2D eigenvalue weighted by molar-refractivity contribution is 5.20.